The predicted octanol–water partition coefficient (Wildman–Crippen LogP) is 2.60. The molecule has 1 aromatic carbocycles. The van der Waals surface area contributed by atoms with Crippen LogP contribution in [-0.4, -0.2) is 21.0 Å². The van der Waals surface area contributed by atoms with Crippen LogP contribution in [-0.2, 0) is 6.54 Å². The second-order valence-corrected chi connectivity index (χ2v) is 5.27. The molecule has 2 rings (SSSR count). The lowest BCUT2D eigenvalue weighted by Gasteiger charge is -2.12. The number of thiazole rings is 1. The zero-order valence-electron chi connectivity index (χ0n) is 11.1. The fraction of sp³-hybridized carbons (Fsp3) is 0.231. The lowest BCUT2D eigenvalue weighted by atomic mass is 10.1. The molecule has 0 amide bonds. The first-order valence-electron chi connectivity index (χ1n) is 6.13. The van der Waals surface area contributed by atoms with Gasteiger partial charge in [-0.3, -0.25) is 10.1 Å². The maximum Gasteiger partial charge on any atom is 0.343 e. The molecule has 0 radical (unpaired) electrons. The largest absolute Gasteiger partial charge is 0.477 e. The average Bonchev–Trinajstić information content (AvgIpc) is 2.98. The molecule has 2 N–H and O–H groups in total. The van der Waals surface area contributed by atoms with E-state index in [1.165, 1.54) is 23.5 Å². The fourth-order valence-corrected chi connectivity index (χ4v) is 2.60. The molecule has 0 saturated carbocycles. The monoisotopic (exact) mass is 307 g/mol. The van der Waals surface area contributed by atoms with Gasteiger partial charge < -0.3 is 10.4 Å². The number of aromatic nitrogens is 1. The van der Waals surface area contributed by atoms with Gasteiger partial charge in [0.05, 0.1) is 11.0 Å². The number of carboxylic acid groups (broad SMARTS) is 1. The van der Waals surface area contributed by atoms with Crippen molar-refractivity contribution in [3.8, 4) is 0 Å². The van der Waals surface area contributed by atoms with Gasteiger partial charge in [-0.1, -0.05) is 12.1 Å². The van der Waals surface area contributed by atoms with Crippen LogP contribution in [0.2, 0.25) is 0 Å². The summed E-state index contributed by atoms with van der Waals surface area (Å²) in [5.41, 5.74) is -0.301. The molecule has 110 valence electrons. The molecule has 1 atom stereocenters. The van der Waals surface area contributed by atoms with Gasteiger partial charge in [0.1, 0.15) is 10.6 Å². The minimum Gasteiger partial charge on any atom is -0.477 e. The average molecular weight is 307 g/mol. The van der Waals surface area contributed by atoms with Crippen molar-refractivity contribution < 1.29 is 14.8 Å². The van der Waals surface area contributed by atoms with E-state index in [1.54, 1.807) is 12.3 Å². The Hall–Kier alpha value is -2.32. The number of hydrogen-bond acceptors (Lipinski definition) is 6. The molecule has 0 saturated heterocycles. The highest BCUT2D eigenvalue weighted by Crippen LogP contribution is 2.23. The lowest BCUT2D eigenvalue weighted by molar-refractivity contribution is -0.385. The molecule has 2 aromatic rings. The molecule has 8 heteroatoms. The van der Waals surface area contributed by atoms with Crippen LogP contribution in [0, 0.1) is 10.1 Å². The second-order valence-electron chi connectivity index (χ2n) is 4.35. The van der Waals surface area contributed by atoms with Crippen LogP contribution in [0.25, 0.3) is 0 Å². The van der Waals surface area contributed by atoms with Gasteiger partial charge in [0.25, 0.3) is 5.69 Å². The number of nitrogens with zero attached hydrogens (tertiary/aromatic N) is 2. The number of rotatable bonds is 6. The van der Waals surface area contributed by atoms with Crippen molar-refractivity contribution in [2.75, 3.05) is 0 Å². The molecule has 0 bridgehead atoms. The van der Waals surface area contributed by atoms with Crippen molar-refractivity contribution in [2.45, 2.75) is 19.5 Å². The third kappa shape index (κ3) is 3.41. The molecular weight excluding hydrogens is 294 g/mol. The molecular formula is C13H13N3O4S. The van der Waals surface area contributed by atoms with E-state index < -0.39 is 16.6 Å². The summed E-state index contributed by atoms with van der Waals surface area (Å²) in [5, 5.41) is 26.0. The van der Waals surface area contributed by atoms with Crippen molar-refractivity contribution in [1.82, 2.24) is 10.3 Å². The zero-order chi connectivity index (χ0) is 15.4. The third-order valence-corrected chi connectivity index (χ3v) is 3.92. The van der Waals surface area contributed by atoms with E-state index in [4.69, 9.17) is 0 Å². The van der Waals surface area contributed by atoms with Crippen molar-refractivity contribution in [1.29, 1.82) is 0 Å². The predicted molar refractivity (Wildman–Crippen MR) is 77.4 cm³/mol. The molecule has 0 fully saturated rings. The molecule has 0 aliphatic rings. The highest BCUT2D eigenvalue weighted by molar-refractivity contribution is 7.09. The smallest absolute Gasteiger partial charge is 0.343 e. The van der Waals surface area contributed by atoms with E-state index in [2.05, 4.69) is 10.3 Å². The molecule has 1 heterocycles. The maximum atomic E-state index is 11.3. The van der Waals surface area contributed by atoms with Crippen LogP contribution >= 0.6 is 11.3 Å². The van der Waals surface area contributed by atoms with Crippen molar-refractivity contribution in [3.05, 3.63) is 56.0 Å². The van der Waals surface area contributed by atoms with Crippen LogP contribution in [0.1, 0.15) is 33.9 Å². The zero-order valence-corrected chi connectivity index (χ0v) is 12.0. The van der Waals surface area contributed by atoms with E-state index >= 15 is 0 Å². The molecule has 7 nitrogen and oxygen atoms in total. The third-order valence-electron chi connectivity index (χ3n) is 2.96. The van der Waals surface area contributed by atoms with Gasteiger partial charge in [-0.15, -0.1) is 11.3 Å². The van der Waals surface area contributed by atoms with E-state index in [9.17, 15) is 20.0 Å². The number of nitro groups is 1. The van der Waals surface area contributed by atoms with Gasteiger partial charge >= 0.3 is 5.97 Å². The Bertz CT molecular complexity index is 657. The van der Waals surface area contributed by atoms with Gasteiger partial charge in [-0.2, -0.15) is 0 Å². The van der Waals surface area contributed by atoms with Gasteiger partial charge in [0.2, 0.25) is 0 Å². The molecule has 1 unspecified atom stereocenters. The van der Waals surface area contributed by atoms with Crippen LogP contribution in [0.15, 0.2) is 29.8 Å². The second kappa shape index (κ2) is 6.42. The first-order chi connectivity index (χ1) is 10.0. The first-order valence-corrected chi connectivity index (χ1v) is 7.01. The molecule has 0 aliphatic heterocycles. The maximum absolute atomic E-state index is 11.3. The Balaban J connectivity index is 2.22. The van der Waals surface area contributed by atoms with E-state index in [0.29, 0.717) is 5.56 Å². The fourth-order valence-electron chi connectivity index (χ4n) is 1.93. The summed E-state index contributed by atoms with van der Waals surface area (Å²) in [6.45, 7) is 2.11. The lowest BCUT2D eigenvalue weighted by Crippen LogP contribution is -2.20. The summed E-state index contributed by atoms with van der Waals surface area (Å²) < 4.78 is 0. The van der Waals surface area contributed by atoms with Gasteiger partial charge in [0, 0.05) is 24.2 Å². The number of aromatic carboxylic acids is 1. The van der Waals surface area contributed by atoms with Crippen molar-refractivity contribution in [3.63, 3.8) is 0 Å². The topological polar surface area (TPSA) is 105 Å². The van der Waals surface area contributed by atoms with Crippen LogP contribution in [0.5, 0.6) is 0 Å². The Morgan fingerprint density at radius 2 is 2.33 bits per heavy atom. The van der Waals surface area contributed by atoms with Gasteiger partial charge in [-0.05, 0) is 12.5 Å². The quantitative estimate of drug-likeness (QED) is 0.627. The van der Waals surface area contributed by atoms with E-state index in [-0.39, 0.29) is 18.2 Å². The highest BCUT2D eigenvalue weighted by Gasteiger charge is 2.23. The molecule has 0 spiro atoms. The Labute approximate surface area is 124 Å². The van der Waals surface area contributed by atoms with Crippen LogP contribution < -0.4 is 5.32 Å². The summed E-state index contributed by atoms with van der Waals surface area (Å²) >= 11 is 1.49. The Morgan fingerprint density at radius 1 is 1.57 bits per heavy atom. The summed E-state index contributed by atoms with van der Waals surface area (Å²) in [6, 6.07) is 4.18. The number of nitro benzene ring substituents is 1. The summed E-state index contributed by atoms with van der Waals surface area (Å²) in [6.07, 6.45) is 1.69. The molecule has 1 aromatic heterocycles. The first kappa shape index (κ1) is 15.1. The van der Waals surface area contributed by atoms with E-state index in [1.807, 2.05) is 12.3 Å². The molecule has 21 heavy (non-hydrogen) atoms. The van der Waals surface area contributed by atoms with Gasteiger partial charge in [-0.25, -0.2) is 9.78 Å². The summed E-state index contributed by atoms with van der Waals surface area (Å²) in [5.74, 6) is -1.30. The Morgan fingerprint density at radius 3 is 2.90 bits per heavy atom. The standard InChI is InChI=1S/C13H13N3O4S/c1-8(12-14-5-6-21-12)15-7-9-3-2-4-10(16(19)20)11(9)13(17)18/h2-6,8,15H,7H2,1H3,(H,17,18). The van der Waals surface area contributed by atoms with Gasteiger partial charge in [0.15, 0.2) is 0 Å². The van der Waals surface area contributed by atoms with Crippen LogP contribution in [0.4, 0.5) is 5.69 Å². The highest BCUT2D eigenvalue weighted by atomic mass is 32.1. The molecule has 0 aliphatic carbocycles. The summed E-state index contributed by atoms with van der Waals surface area (Å²) in [7, 11) is 0. The minimum atomic E-state index is -1.30. The number of nitrogens with one attached hydrogen (secondary N) is 1. The van der Waals surface area contributed by atoms with Crippen molar-refractivity contribution >= 4 is 23.0 Å². The minimum absolute atomic E-state index is 0.0640. The van der Waals surface area contributed by atoms with E-state index in [0.717, 1.165) is 5.01 Å². The SMILES string of the molecule is CC(NCc1cccc([N+](=O)[O-])c1C(=O)O)c1nccs1. The summed E-state index contributed by atoms with van der Waals surface area (Å²) in [4.78, 5) is 25.7. The van der Waals surface area contributed by atoms with Crippen molar-refractivity contribution in [2.24, 2.45) is 0 Å². The number of carbonyl (C=O) groups is 1. The Kier molecular flexibility index (Phi) is 4.61. The normalized spacial score (nSPS) is 12.0. The van der Waals surface area contributed by atoms with Crippen LogP contribution in [0.3, 0.4) is 0 Å². The number of carboxylic acids is 1. The number of benzene rings is 1. The number of hydrogen-bond donors (Lipinski definition) is 2.